The molecule has 0 saturated heterocycles. The minimum Gasteiger partial charge on any atom is -0.497 e. The van der Waals surface area contributed by atoms with Gasteiger partial charge >= 0.3 is 0 Å². The van der Waals surface area contributed by atoms with E-state index in [1.54, 1.807) is 14.2 Å². The van der Waals surface area contributed by atoms with E-state index in [4.69, 9.17) is 15.2 Å². The van der Waals surface area contributed by atoms with Gasteiger partial charge in [0.15, 0.2) is 0 Å². The van der Waals surface area contributed by atoms with E-state index in [1.807, 2.05) is 18.2 Å². The van der Waals surface area contributed by atoms with Gasteiger partial charge < -0.3 is 20.3 Å². The molecule has 2 rings (SSSR count). The standard InChI is InChI=1S/C16H25NO3.ClH/c1-19-12-8-9-13(14(10-12)20-2)15(17)16(18)11-6-4-3-5-7-11;/h8-11,15-16,18H,3-7,17H2,1-2H3;1H/t15-,16+;/m0./s1. The van der Waals surface area contributed by atoms with Crippen molar-refractivity contribution in [2.45, 2.75) is 44.2 Å². The first-order valence-electron chi connectivity index (χ1n) is 7.33. The summed E-state index contributed by atoms with van der Waals surface area (Å²) in [5.41, 5.74) is 7.11. The molecule has 0 spiro atoms. The highest BCUT2D eigenvalue weighted by Crippen LogP contribution is 2.35. The molecule has 1 aliphatic rings. The van der Waals surface area contributed by atoms with Crippen molar-refractivity contribution < 1.29 is 14.6 Å². The number of benzene rings is 1. The molecular weight excluding hydrogens is 290 g/mol. The number of halogens is 1. The third kappa shape index (κ3) is 4.25. The largest absolute Gasteiger partial charge is 0.497 e. The first kappa shape index (κ1) is 18.1. The average molecular weight is 316 g/mol. The van der Waals surface area contributed by atoms with Crippen molar-refractivity contribution >= 4 is 12.4 Å². The monoisotopic (exact) mass is 315 g/mol. The predicted octanol–water partition coefficient (Wildman–Crippen LogP) is 3.07. The summed E-state index contributed by atoms with van der Waals surface area (Å²) in [5.74, 6) is 1.70. The summed E-state index contributed by atoms with van der Waals surface area (Å²) in [4.78, 5) is 0. The van der Waals surface area contributed by atoms with Crippen LogP contribution in [-0.4, -0.2) is 25.4 Å². The first-order chi connectivity index (χ1) is 9.67. The molecule has 1 aromatic rings. The quantitative estimate of drug-likeness (QED) is 0.876. The first-order valence-corrected chi connectivity index (χ1v) is 7.33. The Morgan fingerprint density at radius 2 is 1.81 bits per heavy atom. The van der Waals surface area contributed by atoms with Gasteiger partial charge in [0.25, 0.3) is 0 Å². The summed E-state index contributed by atoms with van der Waals surface area (Å²) in [6.45, 7) is 0. The molecule has 0 amide bonds. The Kier molecular flexibility index (Phi) is 7.29. The van der Waals surface area contributed by atoms with E-state index >= 15 is 0 Å². The van der Waals surface area contributed by atoms with Crippen LogP contribution in [0.3, 0.4) is 0 Å². The predicted molar refractivity (Wildman–Crippen MR) is 86.3 cm³/mol. The van der Waals surface area contributed by atoms with Gasteiger partial charge in [-0.1, -0.05) is 19.3 Å². The normalized spacial score (nSPS) is 18.5. The van der Waals surface area contributed by atoms with E-state index in [1.165, 1.54) is 19.3 Å². The maximum absolute atomic E-state index is 10.5. The Balaban J connectivity index is 0.00000220. The third-order valence-corrected chi connectivity index (χ3v) is 4.30. The van der Waals surface area contributed by atoms with Crippen molar-refractivity contribution in [2.75, 3.05) is 14.2 Å². The molecule has 0 radical (unpaired) electrons. The Hall–Kier alpha value is -0.970. The number of methoxy groups -OCH3 is 2. The molecular formula is C16H26ClNO3. The lowest BCUT2D eigenvalue weighted by Gasteiger charge is -2.31. The molecule has 21 heavy (non-hydrogen) atoms. The van der Waals surface area contributed by atoms with Gasteiger partial charge in [-0.05, 0) is 30.9 Å². The molecule has 0 bridgehead atoms. The molecule has 1 aromatic carbocycles. The van der Waals surface area contributed by atoms with Crippen molar-refractivity contribution in [2.24, 2.45) is 11.7 Å². The maximum atomic E-state index is 10.5. The van der Waals surface area contributed by atoms with E-state index in [-0.39, 0.29) is 12.4 Å². The Morgan fingerprint density at radius 1 is 1.14 bits per heavy atom. The summed E-state index contributed by atoms with van der Waals surface area (Å²) in [6, 6.07) is 5.13. The van der Waals surface area contributed by atoms with Crippen LogP contribution in [-0.2, 0) is 0 Å². The van der Waals surface area contributed by atoms with Crippen LogP contribution < -0.4 is 15.2 Å². The van der Waals surface area contributed by atoms with Gasteiger partial charge in [-0.25, -0.2) is 0 Å². The summed E-state index contributed by atoms with van der Waals surface area (Å²) in [5, 5.41) is 10.5. The highest BCUT2D eigenvalue weighted by atomic mass is 35.5. The zero-order chi connectivity index (χ0) is 14.5. The topological polar surface area (TPSA) is 64.7 Å². The molecule has 0 heterocycles. The van der Waals surface area contributed by atoms with E-state index in [0.29, 0.717) is 11.7 Å². The Morgan fingerprint density at radius 3 is 2.38 bits per heavy atom. The molecule has 5 heteroatoms. The van der Waals surface area contributed by atoms with E-state index < -0.39 is 12.1 Å². The van der Waals surface area contributed by atoms with Gasteiger partial charge in [0.2, 0.25) is 0 Å². The molecule has 1 fully saturated rings. The lowest BCUT2D eigenvalue weighted by Crippen LogP contribution is -2.34. The van der Waals surface area contributed by atoms with Crippen molar-refractivity contribution in [3.8, 4) is 11.5 Å². The minimum absolute atomic E-state index is 0. The lowest BCUT2D eigenvalue weighted by molar-refractivity contribution is 0.0610. The highest BCUT2D eigenvalue weighted by molar-refractivity contribution is 5.85. The molecule has 1 aliphatic carbocycles. The smallest absolute Gasteiger partial charge is 0.127 e. The van der Waals surface area contributed by atoms with Crippen LogP contribution in [0.5, 0.6) is 11.5 Å². The fraction of sp³-hybridized carbons (Fsp3) is 0.625. The highest BCUT2D eigenvalue weighted by Gasteiger charge is 2.29. The Bertz CT molecular complexity index is 436. The van der Waals surface area contributed by atoms with Gasteiger partial charge in [-0.2, -0.15) is 0 Å². The summed E-state index contributed by atoms with van der Waals surface area (Å²) < 4.78 is 10.6. The molecule has 0 aliphatic heterocycles. The number of hydrogen-bond acceptors (Lipinski definition) is 4. The van der Waals surface area contributed by atoms with E-state index in [0.717, 1.165) is 24.2 Å². The van der Waals surface area contributed by atoms with Gasteiger partial charge in [-0.3, -0.25) is 0 Å². The summed E-state index contributed by atoms with van der Waals surface area (Å²) in [7, 11) is 3.23. The molecule has 1 saturated carbocycles. The molecule has 0 aromatic heterocycles. The number of aliphatic hydroxyl groups excluding tert-OH is 1. The number of aliphatic hydroxyl groups is 1. The van der Waals surface area contributed by atoms with Crippen LogP contribution in [0, 0.1) is 5.92 Å². The molecule has 0 unspecified atom stereocenters. The summed E-state index contributed by atoms with van der Waals surface area (Å²) in [6.07, 6.45) is 5.26. The van der Waals surface area contributed by atoms with E-state index in [9.17, 15) is 5.11 Å². The van der Waals surface area contributed by atoms with Gasteiger partial charge in [0, 0.05) is 11.6 Å². The number of ether oxygens (including phenoxy) is 2. The average Bonchev–Trinajstić information content (AvgIpc) is 2.53. The number of hydrogen-bond donors (Lipinski definition) is 2. The second kappa shape index (κ2) is 8.47. The second-order valence-electron chi connectivity index (χ2n) is 5.52. The van der Waals surface area contributed by atoms with Crippen LogP contribution in [0.1, 0.15) is 43.7 Å². The van der Waals surface area contributed by atoms with Crippen LogP contribution >= 0.6 is 12.4 Å². The van der Waals surface area contributed by atoms with Gasteiger partial charge in [0.05, 0.1) is 26.4 Å². The molecule has 4 nitrogen and oxygen atoms in total. The molecule has 3 N–H and O–H groups in total. The van der Waals surface area contributed by atoms with E-state index in [2.05, 4.69) is 0 Å². The van der Waals surface area contributed by atoms with Crippen molar-refractivity contribution in [1.82, 2.24) is 0 Å². The van der Waals surface area contributed by atoms with Gasteiger partial charge in [0.1, 0.15) is 11.5 Å². The van der Waals surface area contributed by atoms with Crippen LogP contribution in [0.2, 0.25) is 0 Å². The zero-order valence-corrected chi connectivity index (χ0v) is 13.6. The fourth-order valence-corrected chi connectivity index (χ4v) is 3.05. The number of rotatable bonds is 5. The Labute approximate surface area is 133 Å². The van der Waals surface area contributed by atoms with Crippen molar-refractivity contribution in [1.29, 1.82) is 0 Å². The van der Waals surface area contributed by atoms with Crippen LogP contribution in [0.15, 0.2) is 18.2 Å². The molecule has 2 atom stereocenters. The zero-order valence-electron chi connectivity index (χ0n) is 12.7. The fourth-order valence-electron chi connectivity index (χ4n) is 3.05. The number of nitrogens with two attached hydrogens (primary N) is 1. The SMILES string of the molecule is COc1ccc([C@H](N)[C@H](O)C2CCCCC2)c(OC)c1.Cl. The van der Waals surface area contributed by atoms with Crippen LogP contribution in [0.4, 0.5) is 0 Å². The third-order valence-electron chi connectivity index (χ3n) is 4.30. The van der Waals surface area contributed by atoms with Gasteiger partial charge in [-0.15, -0.1) is 12.4 Å². The van der Waals surface area contributed by atoms with Crippen molar-refractivity contribution in [3.63, 3.8) is 0 Å². The molecule has 120 valence electrons. The van der Waals surface area contributed by atoms with Crippen molar-refractivity contribution in [3.05, 3.63) is 23.8 Å². The lowest BCUT2D eigenvalue weighted by atomic mass is 9.81. The van der Waals surface area contributed by atoms with Crippen LogP contribution in [0.25, 0.3) is 0 Å². The second-order valence-corrected chi connectivity index (χ2v) is 5.52. The minimum atomic E-state index is -0.516. The summed E-state index contributed by atoms with van der Waals surface area (Å²) >= 11 is 0. The maximum Gasteiger partial charge on any atom is 0.127 e.